The van der Waals surface area contributed by atoms with Crippen molar-refractivity contribution in [3.63, 3.8) is 0 Å². The van der Waals surface area contributed by atoms with E-state index in [-0.39, 0.29) is 5.15 Å². The quantitative estimate of drug-likeness (QED) is 0.582. The molecule has 0 unspecified atom stereocenters. The summed E-state index contributed by atoms with van der Waals surface area (Å²) in [6, 6.07) is 0. The zero-order chi connectivity index (χ0) is 12.5. The van der Waals surface area contributed by atoms with Crippen LogP contribution in [-0.4, -0.2) is 37.6 Å². The maximum atomic E-state index is 11.1. The zero-order valence-corrected chi connectivity index (χ0v) is 10.1. The molecule has 1 aliphatic rings. The number of rotatable bonds is 2. The molecular formula is C10H9ClN6O. The summed E-state index contributed by atoms with van der Waals surface area (Å²) in [5.74, 6) is 1.38. The summed E-state index contributed by atoms with van der Waals surface area (Å²) >= 11 is 5.89. The second-order valence-electron chi connectivity index (χ2n) is 3.88. The first-order valence-electron chi connectivity index (χ1n) is 5.37. The molecular weight excluding hydrogens is 256 g/mol. The van der Waals surface area contributed by atoms with Crippen molar-refractivity contribution in [2.24, 2.45) is 0 Å². The van der Waals surface area contributed by atoms with Crippen molar-refractivity contribution in [3.05, 3.63) is 29.2 Å². The third-order valence-corrected chi connectivity index (χ3v) is 3.17. The van der Waals surface area contributed by atoms with E-state index in [0.29, 0.717) is 24.2 Å². The molecule has 0 bridgehead atoms. The van der Waals surface area contributed by atoms with E-state index in [9.17, 15) is 4.79 Å². The third-order valence-electron chi connectivity index (χ3n) is 2.87. The van der Waals surface area contributed by atoms with Crippen LogP contribution in [0, 0.1) is 0 Å². The van der Waals surface area contributed by atoms with Crippen molar-refractivity contribution in [2.75, 3.05) is 11.4 Å². The van der Waals surface area contributed by atoms with Crippen LogP contribution in [0.5, 0.6) is 0 Å². The molecule has 0 radical (unpaired) electrons. The summed E-state index contributed by atoms with van der Waals surface area (Å²) in [6.07, 6.45) is 3.72. The maximum Gasteiger partial charge on any atom is 0.156 e. The number of fused-ring (bicyclic) bond motifs is 1. The van der Waals surface area contributed by atoms with Crippen molar-refractivity contribution in [3.8, 4) is 0 Å². The van der Waals surface area contributed by atoms with Crippen molar-refractivity contribution < 1.29 is 4.79 Å². The van der Waals surface area contributed by atoms with E-state index < -0.39 is 0 Å². The first-order valence-corrected chi connectivity index (χ1v) is 5.74. The predicted octanol–water partition coefficient (Wildman–Crippen LogP) is 0.554. The summed E-state index contributed by atoms with van der Waals surface area (Å²) in [4.78, 5) is 20.9. The fourth-order valence-electron chi connectivity index (χ4n) is 1.97. The van der Waals surface area contributed by atoms with Gasteiger partial charge in [0, 0.05) is 13.1 Å². The molecule has 0 spiro atoms. The molecule has 0 aromatic carbocycles. The van der Waals surface area contributed by atoms with Gasteiger partial charge < -0.3 is 9.47 Å². The van der Waals surface area contributed by atoms with Crippen LogP contribution in [0.2, 0.25) is 5.15 Å². The van der Waals surface area contributed by atoms with Gasteiger partial charge in [-0.2, -0.15) is 0 Å². The monoisotopic (exact) mass is 264 g/mol. The van der Waals surface area contributed by atoms with Crippen LogP contribution in [0.15, 0.2) is 12.7 Å². The van der Waals surface area contributed by atoms with Crippen LogP contribution in [0.4, 0.5) is 5.82 Å². The highest BCUT2D eigenvalue weighted by molar-refractivity contribution is 6.32. The number of aromatic nitrogens is 5. The topological polar surface area (TPSA) is 76.8 Å². The summed E-state index contributed by atoms with van der Waals surface area (Å²) in [5, 5.41) is 8.04. The molecule has 92 valence electrons. The maximum absolute atomic E-state index is 11.1. The lowest BCUT2D eigenvalue weighted by molar-refractivity contribution is 0.112. The number of aldehydes is 1. The molecule has 0 N–H and O–H groups in total. The van der Waals surface area contributed by atoms with Crippen molar-refractivity contribution in [1.82, 2.24) is 24.7 Å². The Kier molecular flexibility index (Phi) is 2.67. The molecule has 3 heterocycles. The van der Waals surface area contributed by atoms with Gasteiger partial charge in [-0.25, -0.2) is 9.97 Å². The second kappa shape index (κ2) is 4.34. The van der Waals surface area contributed by atoms with Crippen LogP contribution < -0.4 is 4.90 Å². The fraction of sp³-hybridized carbons (Fsp3) is 0.300. The molecule has 3 rings (SSSR count). The second-order valence-corrected chi connectivity index (χ2v) is 4.24. The Morgan fingerprint density at radius 1 is 1.33 bits per heavy atom. The first kappa shape index (κ1) is 11.1. The highest BCUT2D eigenvalue weighted by atomic mass is 35.5. The van der Waals surface area contributed by atoms with Gasteiger partial charge in [-0.05, 0) is 0 Å². The van der Waals surface area contributed by atoms with Crippen LogP contribution in [0.25, 0.3) is 0 Å². The summed E-state index contributed by atoms with van der Waals surface area (Å²) < 4.78 is 1.97. The summed E-state index contributed by atoms with van der Waals surface area (Å²) in [6.45, 7) is 2.02. The molecule has 0 atom stereocenters. The molecule has 0 aliphatic carbocycles. The van der Waals surface area contributed by atoms with Gasteiger partial charge in [-0.1, -0.05) is 11.6 Å². The van der Waals surface area contributed by atoms with Crippen LogP contribution in [0.3, 0.4) is 0 Å². The number of halogens is 1. The van der Waals surface area contributed by atoms with E-state index in [1.54, 1.807) is 6.33 Å². The van der Waals surface area contributed by atoms with E-state index in [4.69, 9.17) is 11.6 Å². The molecule has 7 nitrogen and oxygen atoms in total. The minimum atomic E-state index is 0.169. The van der Waals surface area contributed by atoms with E-state index in [2.05, 4.69) is 20.2 Å². The summed E-state index contributed by atoms with van der Waals surface area (Å²) in [5.41, 5.74) is 0.312. The van der Waals surface area contributed by atoms with Crippen molar-refractivity contribution in [1.29, 1.82) is 0 Å². The number of carbonyl (C=O) groups excluding carboxylic acids is 1. The van der Waals surface area contributed by atoms with Gasteiger partial charge in [-0.15, -0.1) is 10.2 Å². The minimum Gasteiger partial charge on any atom is -0.347 e. The van der Waals surface area contributed by atoms with Gasteiger partial charge in [0.25, 0.3) is 0 Å². The third kappa shape index (κ3) is 1.72. The average Bonchev–Trinajstić information content (AvgIpc) is 2.85. The summed E-state index contributed by atoms with van der Waals surface area (Å²) in [7, 11) is 0. The van der Waals surface area contributed by atoms with Gasteiger partial charge in [0.2, 0.25) is 0 Å². The molecule has 0 saturated heterocycles. The lowest BCUT2D eigenvalue weighted by Crippen LogP contribution is -2.34. The normalized spacial score (nSPS) is 14.4. The van der Waals surface area contributed by atoms with Gasteiger partial charge in [0.05, 0.1) is 12.1 Å². The largest absolute Gasteiger partial charge is 0.347 e. The van der Waals surface area contributed by atoms with E-state index in [1.807, 2.05) is 9.47 Å². The molecule has 8 heteroatoms. The van der Waals surface area contributed by atoms with E-state index >= 15 is 0 Å². The van der Waals surface area contributed by atoms with Gasteiger partial charge in [0.1, 0.15) is 23.6 Å². The molecule has 0 amide bonds. The number of nitrogens with zero attached hydrogens (tertiary/aromatic N) is 6. The Bertz CT molecular complexity index is 598. The first-order chi connectivity index (χ1) is 8.79. The van der Waals surface area contributed by atoms with Gasteiger partial charge in [-0.3, -0.25) is 4.79 Å². The van der Waals surface area contributed by atoms with Crippen LogP contribution >= 0.6 is 11.6 Å². The standard InChI is InChI=1S/C10H9ClN6O/c11-9-7(4-18)10(13-5-12-9)16-1-2-17-6-14-15-8(17)3-16/h4-6H,1-3H2. The highest BCUT2D eigenvalue weighted by Crippen LogP contribution is 2.24. The zero-order valence-electron chi connectivity index (χ0n) is 9.32. The minimum absolute atomic E-state index is 0.169. The van der Waals surface area contributed by atoms with E-state index in [0.717, 1.165) is 18.9 Å². The van der Waals surface area contributed by atoms with Crippen molar-refractivity contribution in [2.45, 2.75) is 13.1 Å². The Morgan fingerprint density at radius 3 is 3.06 bits per heavy atom. The lowest BCUT2D eigenvalue weighted by atomic mass is 10.2. The van der Waals surface area contributed by atoms with Crippen LogP contribution in [-0.2, 0) is 13.1 Å². The number of anilines is 1. The smallest absolute Gasteiger partial charge is 0.156 e. The number of hydrogen-bond donors (Lipinski definition) is 0. The molecule has 0 fully saturated rings. The molecule has 2 aromatic heterocycles. The number of hydrogen-bond acceptors (Lipinski definition) is 6. The SMILES string of the molecule is O=Cc1c(Cl)ncnc1N1CCn2cnnc2C1. The van der Waals surface area contributed by atoms with E-state index in [1.165, 1.54) is 6.33 Å². The molecule has 1 aliphatic heterocycles. The predicted molar refractivity (Wildman–Crippen MR) is 63.5 cm³/mol. The Balaban J connectivity index is 1.98. The molecule has 0 saturated carbocycles. The Morgan fingerprint density at radius 2 is 2.22 bits per heavy atom. The fourth-order valence-corrected chi connectivity index (χ4v) is 2.14. The van der Waals surface area contributed by atoms with Crippen molar-refractivity contribution >= 4 is 23.7 Å². The number of carbonyl (C=O) groups is 1. The average molecular weight is 265 g/mol. The van der Waals surface area contributed by atoms with Gasteiger partial charge in [0.15, 0.2) is 12.1 Å². The Labute approximate surface area is 107 Å². The van der Waals surface area contributed by atoms with Gasteiger partial charge >= 0.3 is 0 Å². The lowest BCUT2D eigenvalue weighted by Gasteiger charge is -2.28. The molecule has 2 aromatic rings. The Hall–Kier alpha value is -2.02. The highest BCUT2D eigenvalue weighted by Gasteiger charge is 2.22. The van der Waals surface area contributed by atoms with Crippen LogP contribution in [0.1, 0.15) is 16.2 Å². The molecule has 18 heavy (non-hydrogen) atoms.